The van der Waals surface area contributed by atoms with Gasteiger partial charge < -0.3 is 9.47 Å². The van der Waals surface area contributed by atoms with Crippen LogP contribution in [0.1, 0.15) is 32.2 Å². The van der Waals surface area contributed by atoms with E-state index in [1.165, 1.54) is 11.3 Å². The van der Waals surface area contributed by atoms with E-state index >= 15 is 0 Å². The molecule has 1 aromatic heterocycles. The number of rotatable bonds is 8. The van der Waals surface area contributed by atoms with Gasteiger partial charge in [0.1, 0.15) is 17.4 Å². The van der Waals surface area contributed by atoms with Crippen molar-refractivity contribution < 1.29 is 19.1 Å². The van der Waals surface area contributed by atoms with Gasteiger partial charge in [0.2, 0.25) is 0 Å². The fraction of sp³-hybridized carbons (Fsp3) is 0.227. The molecule has 0 spiro atoms. The van der Waals surface area contributed by atoms with Crippen LogP contribution in [0.25, 0.3) is 0 Å². The number of aryl methyl sites for hydroxylation is 2. The molecule has 1 heterocycles. The van der Waals surface area contributed by atoms with Gasteiger partial charge >= 0.3 is 5.97 Å². The zero-order chi connectivity index (χ0) is 20.8. The van der Waals surface area contributed by atoms with Gasteiger partial charge in [-0.3, -0.25) is 9.59 Å². The number of benzene rings is 2. The first-order valence-corrected chi connectivity index (χ1v) is 10.2. The summed E-state index contributed by atoms with van der Waals surface area (Å²) in [4.78, 5) is 28.6. The number of ketones is 1. The number of Topliss-reactive ketones (excluding diaryl/α,β-unsaturated/α-hetero) is 1. The molecule has 0 saturated carbocycles. The average molecular weight is 430 g/mol. The SMILES string of the molecule is Cc1ccc(C(=O)COC(=O)Cc2csc(COc3ccc(Cl)cc3)n2)cc1C. The fourth-order valence-electron chi connectivity index (χ4n) is 2.52. The van der Waals surface area contributed by atoms with Crippen molar-refractivity contribution in [3.05, 3.63) is 80.3 Å². The smallest absolute Gasteiger partial charge is 0.312 e. The average Bonchev–Trinajstić information content (AvgIpc) is 3.15. The van der Waals surface area contributed by atoms with Gasteiger partial charge in [0.25, 0.3) is 0 Å². The van der Waals surface area contributed by atoms with Crippen LogP contribution in [0, 0.1) is 13.8 Å². The first kappa shape index (κ1) is 21.0. The number of carbonyl (C=O) groups excluding carboxylic acids is 2. The summed E-state index contributed by atoms with van der Waals surface area (Å²) < 4.78 is 10.8. The summed E-state index contributed by atoms with van der Waals surface area (Å²) in [6, 6.07) is 12.5. The van der Waals surface area contributed by atoms with Crippen LogP contribution in [0.3, 0.4) is 0 Å². The summed E-state index contributed by atoms with van der Waals surface area (Å²) in [6.45, 7) is 3.94. The number of aromatic nitrogens is 1. The van der Waals surface area contributed by atoms with Crippen LogP contribution in [0.2, 0.25) is 5.02 Å². The van der Waals surface area contributed by atoms with Crippen molar-refractivity contribution in [3.63, 3.8) is 0 Å². The van der Waals surface area contributed by atoms with E-state index in [1.807, 2.05) is 19.9 Å². The summed E-state index contributed by atoms with van der Waals surface area (Å²) in [5, 5.41) is 3.17. The monoisotopic (exact) mass is 429 g/mol. The fourth-order valence-corrected chi connectivity index (χ4v) is 3.35. The van der Waals surface area contributed by atoms with Crippen LogP contribution in [0.4, 0.5) is 0 Å². The Kier molecular flexibility index (Phi) is 7.01. The van der Waals surface area contributed by atoms with Crippen molar-refractivity contribution in [2.24, 2.45) is 0 Å². The predicted molar refractivity (Wildman–Crippen MR) is 113 cm³/mol. The molecule has 0 amide bonds. The van der Waals surface area contributed by atoms with Crippen molar-refractivity contribution in [1.82, 2.24) is 4.98 Å². The van der Waals surface area contributed by atoms with Gasteiger partial charge in [-0.05, 0) is 55.3 Å². The molecule has 0 radical (unpaired) electrons. The standard InChI is InChI=1S/C22H20ClNO4S/c1-14-3-4-16(9-15(14)2)20(25)11-28-22(26)10-18-13-29-21(24-18)12-27-19-7-5-17(23)6-8-19/h3-9,13H,10-12H2,1-2H3. The largest absolute Gasteiger partial charge is 0.486 e. The number of nitrogens with zero attached hydrogens (tertiary/aromatic N) is 1. The van der Waals surface area contributed by atoms with E-state index in [4.69, 9.17) is 21.1 Å². The zero-order valence-electron chi connectivity index (χ0n) is 16.1. The Morgan fingerprint density at radius 3 is 2.55 bits per heavy atom. The lowest BCUT2D eigenvalue weighted by atomic mass is 10.0. The molecule has 2 aromatic carbocycles. The third-order valence-electron chi connectivity index (χ3n) is 4.29. The molecular weight excluding hydrogens is 410 g/mol. The maximum Gasteiger partial charge on any atom is 0.312 e. The molecule has 29 heavy (non-hydrogen) atoms. The minimum absolute atomic E-state index is 0.0116. The van der Waals surface area contributed by atoms with E-state index in [9.17, 15) is 9.59 Å². The summed E-state index contributed by atoms with van der Waals surface area (Å²) in [6.07, 6.45) is 0.0116. The Balaban J connectivity index is 1.46. The molecule has 0 N–H and O–H groups in total. The van der Waals surface area contributed by atoms with Crippen molar-refractivity contribution in [2.45, 2.75) is 26.9 Å². The molecule has 5 nitrogen and oxygen atoms in total. The van der Waals surface area contributed by atoms with Crippen molar-refractivity contribution in [3.8, 4) is 5.75 Å². The van der Waals surface area contributed by atoms with Gasteiger partial charge in [0, 0.05) is 16.0 Å². The highest BCUT2D eigenvalue weighted by Gasteiger charge is 2.13. The van der Waals surface area contributed by atoms with E-state index < -0.39 is 5.97 Å². The summed E-state index contributed by atoms with van der Waals surface area (Å²) in [5.74, 6) is -0.0233. The Morgan fingerprint density at radius 1 is 1.07 bits per heavy atom. The number of ether oxygens (including phenoxy) is 2. The Hall–Kier alpha value is -2.70. The van der Waals surface area contributed by atoms with Crippen LogP contribution in [-0.4, -0.2) is 23.3 Å². The second-order valence-electron chi connectivity index (χ2n) is 6.53. The van der Waals surface area contributed by atoms with Crippen LogP contribution >= 0.6 is 22.9 Å². The summed E-state index contributed by atoms with van der Waals surface area (Å²) in [7, 11) is 0. The van der Waals surface area contributed by atoms with Gasteiger partial charge in [0.15, 0.2) is 12.4 Å². The van der Waals surface area contributed by atoms with E-state index in [0.717, 1.165) is 16.1 Å². The third-order valence-corrected chi connectivity index (χ3v) is 5.42. The molecule has 3 rings (SSSR count). The Morgan fingerprint density at radius 2 is 1.83 bits per heavy atom. The Bertz CT molecular complexity index is 1010. The maximum atomic E-state index is 12.2. The summed E-state index contributed by atoms with van der Waals surface area (Å²) >= 11 is 7.24. The lowest BCUT2D eigenvalue weighted by Gasteiger charge is -2.06. The Labute approximate surface area is 178 Å². The quantitative estimate of drug-likeness (QED) is 0.374. The van der Waals surface area contributed by atoms with Gasteiger partial charge in [-0.25, -0.2) is 4.98 Å². The zero-order valence-corrected chi connectivity index (χ0v) is 17.7. The molecule has 0 unspecified atom stereocenters. The highest BCUT2D eigenvalue weighted by molar-refractivity contribution is 7.09. The minimum atomic E-state index is -0.488. The van der Waals surface area contributed by atoms with Crippen LogP contribution in [0.5, 0.6) is 5.75 Å². The maximum absolute atomic E-state index is 12.2. The highest BCUT2D eigenvalue weighted by Crippen LogP contribution is 2.18. The highest BCUT2D eigenvalue weighted by atomic mass is 35.5. The van der Waals surface area contributed by atoms with Gasteiger partial charge in [-0.1, -0.05) is 23.7 Å². The first-order valence-electron chi connectivity index (χ1n) is 8.98. The number of halogens is 1. The van der Waals surface area contributed by atoms with Crippen LogP contribution in [0.15, 0.2) is 47.8 Å². The van der Waals surface area contributed by atoms with Gasteiger partial charge in [-0.15, -0.1) is 11.3 Å². The normalized spacial score (nSPS) is 10.6. The predicted octanol–water partition coefficient (Wildman–Crippen LogP) is 4.96. The molecule has 7 heteroatoms. The van der Waals surface area contributed by atoms with Crippen LogP contribution in [-0.2, 0) is 22.6 Å². The lowest BCUT2D eigenvalue weighted by molar-refractivity contribution is -0.141. The molecule has 0 atom stereocenters. The van der Waals surface area contributed by atoms with Crippen molar-refractivity contribution in [2.75, 3.05) is 6.61 Å². The number of esters is 1. The number of hydrogen-bond acceptors (Lipinski definition) is 6. The van der Waals surface area contributed by atoms with Gasteiger partial charge in [-0.2, -0.15) is 0 Å². The molecule has 0 bridgehead atoms. The van der Waals surface area contributed by atoms with E-state index in [2.05, 4.69) is 4.98 Å². The molecule has 150 valence electrons. The number of thiazole rings is 1. The minimum Gasteiger partial charge on any atom is -0.486 e. The molecule has 3 aromatic rings. The topological polar surface area (TPSA) is 65.5 Å². The van der Waals surface area contributed by atoms with E-state index in [1.54, 1.807) is 41.8 Å². The molecular formula is C22H20ClNO4S. The lowest BCUT2D eigenvalue weighted by Crippen LogP contribution is -2.16. The molecule has 0 aliphatic rings. The van der Waals surface area contributed by atoms with Crippen molar-refractivity contribution in [1.29, 1.82) is 0 Å². The molecule has 0 aliphatic heterocycles. The molecule has 0 saturated heterocycles. The van der Waals surface area contributed by atoms with Crippen LogP contribution < -0.4 is 4.74 Å². The molecule has 0 fully saturated rings. The van der Waals surface area contributed by atoms with Gasteiger partial charge in [0.05, 0.1) is 12.1 Å². The number of hydrogen-bond donors (Lipinski definition) is 0. The summed E-state index contributed by atoms with van der Waals surface area (Å²) in [5.41, 5.74) is 3.26. The van der Waals surface area contributed by atoms with E-state index in [-0.39, 0.29) is 18.8 Å². The van der Waals surface area contributed by atoms with Crippen molar-refractivity contribution >= 4 is 34.7 Å². The van der Waals surface area contributed by atoms with E-state index in [0.29, 0.717) is 28.6 Å². The molecule has 0 aliphatic carbocycles. The second kappa shape index (κ2) is 9.67. The third kappa shape index (κ3) is 6.14. The number of carbonyl (C=O) groups is 2. The first-order chi connectivity index (χ1) is 13.9. The second-order valence-corrected chi connectivity index (χ2v) is 7.91.